The van der Waals surface area contributed by atoms with Crippen LogP contribution in [-0.4, -0.2) is 12.1 Å². The van der Waals surface area contributed by atoms with Crippen molar-refractivity contribution in [3.05, 3.63) is 28.8 Å². The van der Waals surface area contributed by atoms with Crippen LogP contribution in [0.5, 0.6) is 5.75 Å². The number of benzene rings is 1. The van der Waals surface area contributed by atoms with E-state index in [0.717, 1.165) is 35.1 Å². The first-order chi connectivity index (χ1) is 9.60. The minimum absolute atomic E-state index is 0.0898. The molecule has 3 atom stereocenters. The zero-order chi connectivity index (χ0) is 14.5. The molecular weight excluding hydrogens is 270 g/mol. The summed E-state index contributed by atoms with van der Waals surface area (Å²) in [6.45, 7) is 4.27. The van der Waals surface area contributed by atoms with Crippen LogP contribution in [0.2, 0.25) is 5.02 Å². The van der Waals surface area contributed by atoms with E-state index in [-0.39, 0.29) is 6.04 Å². The molecule has 0 saturated heterocycles. The second-order valence-corrected chi connectivity index (χ2v) is 6.49. The van der Waals surface area contributed by atoms with Gasteiger partial charge in [0.25, 0.3) is 0 Å². The number of halogens is 1. The summed E-state index contributed by atoms with van der Waals surface area (Å²) in [5, 5.41) is 0.766. The second-order valence-electron chi connectivity index (χ2n) is 6.08. The molecule has 0 aromatic heterocycles. The van der Waals surface area contributed by atoms with Crippen LogP contribution in [0.1, 0.15) is 51.5 Å². The molecule has 0 amide bonds. The average molecular weight is 296 g/mol. The second kappa shape index (κ2) is 7.33. The molecule has 2 N–H and O–H groups in total. The van der Waals surface area contributed by atoms with E-state index in [2.05, 4.69) is 6.92 Å². The van der Waals surface area contributed by atoms with Crippen LogP contribution in [-0.2, 0) is 6.42 Å². The summed E-state index contributed by atoms with van der Waals surface area (Å²) in [7, 11) is 0. The Morgan fingerprint density at radius 2 is 2.20 bits per heavy atom. The van der Waals surface area contributed by atoms with Gasteiger partial charge >= 0.3 is 0 Å². The van der Waals surface area contributed by atoms with Gasteiger partial charge in [0, 0.05) is 16.6 Å². The third kappa shape index (κ3) is 4.13. The molecule has 2 nitrogen and oxygen atoms in total. The largest absolute Gasteiger partial charge is 0.490 e. The van der Waals surface area contributed by atoms with Crippen molar-refractivity contribution in [2.75, 3.05) is 0 Å². The van der Waals surface area contributed by atoms with E-state index in [1.54, 1.807) is 0 Å². The lowest BCUT2D eigenvalue weighted by Gasteiger charge is -2.30. The molecule has 1 aromatic rings. The molecule has 112 valence electrons. The van der Waals surface area contributed by atoms with Gasteiger partial charge in [-0.15, -0.1) is 0 Å². The third-order valence-corrected chi connectivity index (χ3v) is 4.56. The Morgan fingerprint density at radius 1 is 1.40 bits per heavy atom. The third-order valence-electron chi connectivity index (χ3n) is 4.21. The Hall–Kier alpha value is -0.730. The van der Waals surface area contributed by atoms with Crippen LogP contribution in [0.25, 0.3) is 0 Å². The highest BCUT2D eigenvalue weighted by atomic mass is 35.5. The fraction of sp³-hybridized carbons (Fsp3) is 0.647. The van der Waals surface area contributed by atoms with Crippen LogP contribution >= 0.6 is 11.6 Å². The minimum atomic E-state index is 0.0898. The molecule has 0 spiro atoms. The van der Waals surface area contributed by atoms with E-state index in [1.165, 1.54) is 25.7 Å². The number of rotatable bonds is 5. The molecule has 3 unspecified atom stereocenters. The maximum atomic E-state index is 6.31. The molecule has 1 aliphatic carbocycles. The van der Waals surface area contributed by atoms with Gasteiger partial charge in [-0.1, -0.05) is 37.4 Å². The molecule has 0 bridgehead atoms. The predicted octanol–water partition coefficient (Wildman–Crippen LogP) is 4.58. The van der Waals surface area contributed by atoms with E-state index < -0.39 is 0 Å². The Labute approximate surface area is 127 Å². The maximum Gasteiger partial charge on any atom is 0.124 e. The van der Waals surface area contributed by atoms with Crippen molar-refractivity contribution in [3.8, 4) is 5.75 Å². The number of nitrogens with two attached hydrogens (primary N) is 1. The molecule has 0 radical (unpaired) electrons. The van der Waals surface area contributed by atoms with Gasteiger partial charge in [-0.2, -0.15) is 0 Å². The Balaban J connectivity index is 2.10. The van der Waals surface area contributed by atoms with Gasteiger partial charge in [0.05, 0.1) is 6.10 Å². The Morgan fingerprint density at radius 3 is 2.90 bits per heavy atom. The van der Waals surface area contributed by atoms with Crippen LogP contribution < -0.4 is 10.5 Å². The van der Waals surface area contributed by atoms with E-state index in [9.17, 15) is 0 Å². The lowest BCUT2D eigenvalue weighted by atomic mass is 9.85. The summed E-state index contributed by atoms with van der Waals surface area (Å²) in [6, 6.07) is 6.00. The normalized spacial score (nSPS) is 24.4. The molecular formula is C17H26ClNO. The Kier molecular flexibility index (Phi) is 5.74. The molecule has 1 saturated carbocycles. The van der Waals surface area contributed by atoms with Crippen molar-refractivity contribution in [2.45, 2.75) is 64.5 Å². The first-order valence-electron chi connectivity index (χ1n) is 7.79. The molecule has 20 heavy (non-hydrogen) atoms. The number of hydrogen-bond acceptors (Lipinski definition) is 2. The van der Waals surface area contributed by atoms with Gasteiger partial charge in [-0.3, -0.25) is 0 Å². The standard InChI is InChI=1S/C17H26ClNO/c1-3-13-6-4-7-14(11-13)20-17-9-5-8-16(18)15(17)10-12(2)19/h5,8-9,12-14H,3-4,6-7,10-11,19H2,1-2H3. The van der Waals surface area contributed by atoms with Crippen molar-refractivity contribution in [1.29, 1.82) is 0 Å². The SMILES string of the molecule is CCC1CCCC(Oc2cccc(Cl)c2CC(C)N)C1. The molecule has 3 heteroatoms. The minimum Gasteiger partial charge on any atom is -0.490 e. The van der Waals surface area contributed by atoms with Crippen molar-refractivity contribution >= 4 is 11.6 Å². The number of hydrogen-bond donors (Lipinski definition) is 1. The van der Waals surface area contributed by atoms with Crippen LogP contribution in [0.3, 0.4) is 0 Å². The fourth-order valence-electron chi connectivity index (χ4n) is 3.07. The molecule has 2 rings (SSSR count). The Bertz CT molecular complexity index is 433. The first-order valence-corrected chi connectivity index (χ1v) is 8.17. The summed E-state index contributed by atoms with van der Waals surface area (Å²) >= 11 is 6.31. The van der Waals surface area contributed by atoms with Crippen LogP contribution in [0.4, 0.5) is 0 Å². The average Bonchev–Trinajstić information content (AvgIpc) is 2.42. The van der Waals surface area contributed by atoms with E-state index >= 15 is 0 Å². The highest BCUT2D eigenvalue weighted by molar-refractivity contribution is 6.31. The zero-order valence-corrected chi connectivity index (χ0v) is 13.3. The molecule has 0 aliphatic heterocycles. The van der Waals surface area contributed by atoms with E-state index in [4.69, 9.17) is 22.1 Å². The molecule has 0 heterocycles. The lowest BCUT2D eigenvalue weighted by Crippen LogP contribution is -2.26. The van der Waals surface area contributed by atoms with Gasteiger partial charge in [-0.25, -0.2) is 0 Å². The van der Waals surface area contributed by atoms with Gasteiger partial charge in [0.15, 0.2) is 0 Å². The van der Waals surface area contributed by atoms with E-state index in [1.807, 2.05) is 25.1 Å². The summed E-state index contributed by atoms with van der Waals surface area (Å²) in [4.78, 5) is 0. The summed E-state index contributed by atoms with van der Waals surface area (Å²) < 4.78 is 6.26. The van der Waals surface area contributed by atoms with Gasteiger partial charge in [0.2, 0.25) is 0 Å². The lowest BCUT2D eigenvalue weighted by molar-refractivity contribution is 0.121. The van der Waals surface area contributed by atoms with Crippen molar-refractivity contribution < 1.29 is 4.74 Å². The fourth-order valence-corrected chi connectivity index (χ4v) is 3.31. The highest BCUT2D eigenvalue weighted by Crippen LogP contribution is 2.33. The topological polar surface area (TPSA) is 35.2 Å². The molecule has 1 aromatic carbocycles. The maximum absolute atomic E-state index is 6.31. The summed E-state index contributed by atoms with van der Waals surface area (Å²) in [6.07, 6.45) is 7.28. The van der Waals surface area contributed by atoms with E-state index in [0.29, 0.717) is 6.10 Å². The van der Waals surface area contributed by atoms with Crippen molar-refractivity contribution in [2.24, 2.45) is 11.7 Å². The smallest absolute Gasteiger partial charge is 0.124 e. The number of ether oxygens (including phenoxy) is 1. The molecule has 1 aliphatic rings. The van der Waals surface area contributed by atoms with Crippen molar-refractivity contribution in [1.82, 2.24) is 0 Å². The van der Waals surface area contributed by atoms with Crippen LogP contribution in [0.15, 0.2) is 18.2 Å². The van der Waals surface area contributed by atoms with Gasteiger partial charge in [-0.05, 0) is 50.7 Å². The predicted molar refractivity (Wildman–Crippen MR) is 85.5 cm³/mol. The summed E-state index contributed by atoms with van der Waals surface area (Å²) in [5.41, 5.74) is 6.98. The van der Waals surface area contributed by atoms with Gasteiger partial charge < -0.3 is 10.5 Å². The highest BCUT2D eigenvalue weighted by Gasteiger charge is 2.23. The van der Waals surface area contributed by atoms with Crippen molar-refractivity contribution in [3.63, 3.8) is 0 Å². The van der Waals surface area contributed by atoms with Crippen LogP contribution in [0, 0.1) is 5.92 Å². The zero-order valence-electron chi connectivity index (χ0n) is 12.6. The molecule has 1 fully saturated rings. The first kappa shape index (κ1) is 15.7. The quantitative estimate of drug-likeness (QED) is 0.863. The monoisotopic (exact) mass is 295 g/mol. The van der Waals surface area contributed by atoms with Gasteiger partial charge in [0.1, 0.15) is 5.75 Å². The summed E-state index contributed by atoms with van der Waals surface area (Å²) in [5.74, 6) is 1.74.